The molecule has 0 saturated heterocycles. The van der Waals surface area contributed by atoms with Crippen molar-refractivity contribution in [3.63, 3.8) is 0 Å². The molecule has 0 aliphatic carbocycles. The fourth-order valence-corrected chi connectivity index (χ4v) is 3.32. The van der Waals surface area contributed by atoms with E-state index in [4.69, 9.17) is 4.74 Å². The van der Waals surface area contributed by atoms with Gasteiger partial charge < -0.3 is 9.72 Å². The Bertz CT molecular complexity index is 1010. The topological polar surface area (TPSA) is 67.9 Å². The predicted octanol–water partition coefficient (Wildman–Crippen LogP) is 4.47. The molecule has 0 amide bonds. The third-order valence-electron chi connectivity index (χ3n) is 3.76. The van der Waals surface area contributed by atoms with Gasteiger partial charge in [0, 0.05) is 11.9 Å². The maximum absolute atomic E-state index is 12.2. The van der Waals surface area contributed by atoms with Crippen LogP contribution in [0, 0.1) is 0 Å². The van der Waals surface area contributed by atoms with E-state index in [1.165, 1.54) is 0 Å². The number of rotatable bonds is 5. The van der Waals surface area contributed by atoms with Crippen LogP contribution in [-0.2, 0) is 5.75 Å². The Hall–Kier alpha value is -3.12. The van der Waals surface area contributed by atoms with Gasteiger partial charge in [-0.1, -0.05) is 42.1 Å². The van der Waals surface area contributed by atoms with Crippen molar-refractivity contribution >= 4 is 28.8 Å². The summed E-state index contributed by atoms with van der Waals surface area (Å²) in [5.41, 5.74) is 3.39. The van der Waals surface area contributed by atoms with Crippen LogP contribution >= 0.6 is 11.8 Å². The number of esters is 1. The molecule has 0 atom stereocenters. The highest BCUT2D eigenvalue weighted by Crippen LogP contribution is 2.24. The highest BCUT2D eigenvalue weighted by Gasteiger charge is 2.09. The van der Waals surface area contributed by atoms with Crippen molar-refractivity contribution < 1.29 is 9.53 Å². The molecule has 128 valence electrons. The van der Waals surface area contributed by atoms with Crippen LogP contribution in [0.25, 0.3) is 11.0 Å². The molecular weight excluding hydrogens is 346 g/mol. The van der Waals surface area contributed by atoms with Crippen LogP contribution in [0.2, 0.25) is 0 Å². The molecule has 0 fully saturated rings. The van der Waals surface area contributed by atoms with E-state index in [1.54, 1.807) is 42.4 Å². The van der Waals surface area contributed by atoms with E-state index < -0.39 is 0 Å². The Kier molecular flexibility index (Phi) is 4.66. The van der Waals surface area contributed by atoms with Gasteiger partial charge in [0.05, 0.1) is 17.3 Å². The van der Waals surface area contributed by atoms with Gasteiger partial charge in [0.15, 0.2) is 5.16 Å². The number of H-pyrrole nitrogens is 1. The van der Waals surface area contributed by atoms with Gasteiger partial charge in [-0.25, -0.2) is 9.78 Å². The van der Waals surface area contributed by atoms with Crippen molar-refractivity contribution in [1.29, 1.82) is 0 Å². The molecule has 26 heavy (non-hydrogen) atoms. The van der Waals surface area contributed by atoms with Crippen LogP contribution < -0.4 is 4.74 Å². The molecule has 2 heterocycles. The average Bonchev–Trinajstić information content (AvgIpc) is 3.10. The van der Waals surface area contributed by atoms with E-state index in [1.807, 2.05) is 42.5 Å². The second-order valence-corrected chi connectivity index (χ2v) is 6.59. The van der Waals surface area contributed by atoms with Crippen LogP contribution in [-0.4, -0.2) is 20.9 Å². The van der Waals surface area contributed by atoms with Crippen LogP contribution in [0.4, 0.5) is 0 Å². The summed E-state index contributed by atoms with van der Waals surface area (Å²) in [5.74, 6) is 0.884. The molecule has 5 nitrogen and oxygen atoms in total. The summed E-state index contributed by atoms with van der Waals surface area (Å²) >= 11 is 1.59. The van der Waals surface area contributed by atoms with E-state index in [9.17, 15) is 4.79 Å². The number of aromatic amines is 1. The average molecular weight is 361 g/mol. The standard InChI is InChI=1S/C20H15N3O2S/c24-19(15-6-2-1-3-7-15)25-16-8-4-5-14(11-16)13-26-20-22-17-9-10-21-12-18(17)23-20/h1-12H,13H2,(H,22,23). The second-order valence-electron chi connectivity index (χ2n) is 5.63. The highest BCUT2D eigenvalue weighted by atomic mass is 32.2. The molecule has 4 rings (SSSR count). The monoisotopic (exact) mass is 361 g/mol. The van der Waals surface area contributed by atoms with Crippen molar-refractivity contribution in [3.05, 3.63) is 84.2 Å². The molecule has 6 heteroatoms. The van der Waals surface area contributed by atoms with E-state index >= 15 is 0 Å². The molecule has 1 N–H and O–H groups in total. The van der Waals surface area contributed by atoms with Crippen LogP contribution in [0.3, 0.4) is 0 Å². The number of fused-ring (bicyclic) bond motifs is 1. The fourth-order valence-electron chi connectivity index (χ4n) is 2.49. The van der Waals surface area contributed by atoms with Crippen LogP contribution in [0.5, 0.6) is 5.75 Å². The molecule has 4 aromatic rings. The summed E-state index contributed by atoms with van der Waals surface area (Å²) in [7, 11) is 0. The minimum Gasteiger partial charge on any atom is -0.423 e. The normalized spacial score (nSPS) is 10.8. The molecule has 0 aliphatic heterocycles. The Labute approximate surface area is 154 Å². The minimum absolute atomic E-state index is 0.361. The summed E-state index contributed by atoms with van der Waals surface area (Å²) in [6.45, 7) is 0. The molecule has 2 aromatic carbocycles. The van der Waals surface area contributed by atoms with Crippen molar-refractivity contribution in [2.24, 2.45) is 0 Å². The van der Waals surface area contributed by atoms with Crippen LogP contribution in [0.1, 0.15) is 15.9 Å². The van der Waals surface area contributed by atoms with Gasteiger partial charge in [0.25, 0.3) is 0 Å². The van der Waals surface area contributed by atoms with Gasteiger partial charge in [-0.2, -0.15) is 0 Å². The molecule has 0 saturated carbocycles. The number of pyridine rings is 1. The summed E-state index contributed by atoms with van der Waals surface area (Å²) in [4.78, 5) is 24.0. The quantitative estimate of drug-likeness (QED) is 0.323. The number of benzene rings is 2. The lowest BCUT2D eigenvalue weighted by molar-refractivity contribution is 0.0734. The van der Waals surface area contributed by atoms with Gasteiger partial charge in [-0.15, -0.1) is 0 Å². The number of thioether (sulfide) groups is 1. The zero-order valence-corrected chi connectivity index (χ0v) is 14.6. The SMILES string of the molecule is O=C(Oc1cccc(CSc2nc3cnccc3[nH]2)c1)c1ccccc1. The summed E-state index contributed by atoms with van der Waals surface area (Å²) in [5, 5.41) is 0.833. The van der Waals surface area contributed by atoms with E-state index in [-0.39, 0.29) is 5.97 Å². The molecule has 0 radical (unpaired) electrons. The number of nitrogens with zero attached hydrogens (tertiary/aromatic N) is 2. The van der Waals surface area contributed by atoms with Crippen molar-refractivity contribution in [1.82, 2.24) is 15.0 Å². The van der Waals surface area contributed by atoms with E-state index in [0.717, 1.165) is 21.8 Å². The zero-order chi connectivity index (χ0) is 17.8. The van der Waals surface area contributed by atoms with Gasteiger partial charge in [-0.05, 0) is 35.9 Å². The molecule has 0 spiro atoms. The first-order chi connectivity index (χ1) is 12.8. The number of carbonyl (C=O) groups excluding carboxylic acids is 1. The van der Waals surface area contributed by atoms with Gasteiger partial charge in [-0.3, -0.25) is 4.98 Å². The van der Waals surface area contributed by atoms with Gasteiger partial charge in [0.1, 0.15) is 11.3 Å². The zero-order valence-electron chi connectivity index (χ0n) is 13.8. The van der Waals surface area contributed by atoms with Crippen molar-refractivity contribution in [2.45, 2.75) is 10.9 Å². The molecular formula is C20H15N3O2S. The van der Waals surface area contributed by atoms with Gasteiger partial charge in [0.2, 0.25) is 0 Å². The molecule has 0 unspecified atom stereocenters. The Balaban J connectivity index is 1.43. The number of imidazole rings is 1. The largest absolute Gasteiger partial charge is 0.423 e. The number of hydrogen-bond donors (Lipinski definition) is 1. The maximum atomic E-state index is 12.2. The first-order valence-electron chi connectivity index (χ1n) is 8.07. The maximum Gasteiger partial charge on any atom is 0.343 e. The Morgan fingerprint density at radius 2 is 1.96 bits per heavy atom. The highest BCUT2D eigenvalue weighted by molar-refractivity contribution is 7.98. The summed E-state index contributed by atoms with van der Waals surface area (Å²) in [6, 6.07) is 18.4. The summed E-state index contributed by atoms with van der Waals surface area (Å²) in [6.07, 6.45) is 3.47. The summed E-state index contributed by atoms with van der Waals surface area (Å²) < 4.78 is 5.46. The lowest BCUT2D eigenvalue weighted by atomic mass is 10.2. The third kappa shape index (κ3) is 3.75. The number of ether oxygens (including phenoxy) is 1. The fraction of sp³-hybridized carbons (Fsp3) is 0.0500. The number of hydrogen-bond acceptors (Lipinski definition) is 5. The number of aromatic nitrogens is 3. The predicted molar refractivity (Wildman–Crippen MR) is 101 cm³/mol. The molecule has 0 aliphatic rings. The Morgan fingerprint density at radius 3 is 2.81 bits per heavy atom. The van der Waals surface area contributed by atoms with Crippen molar-refractivity contribution in [2.75, 3.05) is 0 Å². The number of nitrogens with one attached hydrogen (secondary N) is 1. The second kappa shape index (κ2) is 7.41. The number of carbonyl (C=O) groups is 1. The van der Waals surface area contributed by atoms with Gasteiger partial charge >= 0.3 is 5.97 Å². The lowest BCUT2D eigenvalue weighted by Gasteiger charge is -2.06. The smallest absolute Gasteiger partial charge is 0.343 e. The first kappa shape index (κ1) is 16.4. The minimum atomic E-state index is -0.361. The molecule has 2 aromatic heterocycles. The Morgan fingerprint density at radius 1 is 1.08 bits per heavy atom. The van der Waals surface area contributed by atoms with E-state index in [2.05, 4.69) is 15.0 Å². The third-order valence-corrected chi connectivity index (χ3v) is 4.70. The molecule has 0 bridgehead atoms. The van der Waals surface area contributed by atoms with Crippen molar-refractivity contribution in [3.8, 4) is 5.75 Å². The van der Waals surface area contributed by atoms with Crippen LogP contribution in [0.15, 0.2) is 78.2 Å². The first-order valence-corrected chi connectivity index (χ1v) is 9.05. The lowest BCUT2D eigenvalue weighted by Crippen LogP contribution is -2.08. The van der Waals surface area contributed by atoms with E-state index in [0.29, 0.717) is 17.1 Å².